The van der Waals surface area contributed by atoms with Gasteiger partial charge in [-0.2, -0.15) is 5.10 Å². The van der Waals surface area contributed by atoms with Crippen molar-refractivity contribution >= 4 is 22.6 Å². The van der Waals surface area contributed by atoms with Gasteiger partial charge in [-0.05, 0) is 38.4 Å². The molecule has 1 aromatic carbocycles. The van der Waals surface area contributed by atoms with Gasteiger partial charge < -0.3 is 4.57 Å². The van der Waals surface area contributed by atoms with Gasteiger partial charge in [-0.15, -0.1) is 0 Å². The number of halogens is 1. The first-order valence-electron chi connectivity index (χ1n) is 8.39. The van der Waals surface area contributed by atoms with Crippen LogP contribution in [-0.2, 0) is 20.6 Å². The molecule has 3 aromatic rings. The van der Waals surface area contributed by atoms with E-state index in [0.717, 1.165) is 41.7 Å². The molecule has 5 nitrogen and oxygen atoms in total. The number of hydrogen-bond acceptors (Lipinski definition) is 3. The van der Waals surface area contributed by atoms with Crippen LogP contribution in [0.2, 0.25) is 5.15 Å². The summed E-state index contributed by atoms with van der Waals surface area (Å²) in [6.07, 6.45) is 2.30. The van der Waals surface area contributed by atoms with Crippen molar-refractivity contribution in [1.82, 2.24) is 24.2 Å². The van der Waals surface area contributed by atoms with Gasteiger partial charge in [0.05, 0.1) is 23.3 Å². The molecule has 0 amide bonds. The van der Waals surface area contributed by atoms with E-state index in [1.54, 1.807) is 4.68 Å². The Hall–Kier alpha value is -1.85. The highest BCUT2D eigenvalue weighted by Gasteiger charge is 2.31. The number of imidazole rings is 1. The molecule has 0 unspecified atom stereocenters. The van der Waals surface area contributed by atoms with Crippen LogP contribution in [0.25, 0.3) is 11.0 Å². The van der Waals surface area contributed by atoms with Crippen molar-refractivity contribution < 1.29 is 0 Å². The lowest BCUT2D eigenvalue weighted by atomic mass is 10.1. The Morgan fingerprint density at radius 1 is 1.25 bits per heavy atom. The van der Waals surface area contributed by atoms with Gasteiger partial charge in [-0.1, -0.05) is 23.7 Å². The summed E-state index contributed by atoms with van der Waals surface area (Å²) in [5.41, 5.74) is 4.44. The second kappa shape index (κ2) is 5.90. The first-order chi connectivity index (χ1) is 11.6. The summed E-state index contributed by atoms with van der Waals surface area (Å²) < 4.78 is 3.97. The van der Waals surface area contributed by atoms with Gasteiger partial charge in [0, 0.05) is 25.7 Å². The Morgan fingerprint density at radius 3 is 2.75 bits per heavy atom. The molecule has 4 rings (SSSR count). The third-order valence-electron chi connectivity index (χ3n) is 5.12. The molecule has 0 radical (unpaired) electrons. The van der Waals surface area contributed by atoms with Crippen molar-refractivity contribution in [3.8, 4) is 0 Å². The topological polar surface area (TPSA) is 38.9 Å². The Balaban J connectivity index is 1.66. The summed E-state index contributed by atoms with van der Waals surface area (Å²) in [5.74, 6) is 1.10. The van der Waals surface area contributed by atoms with E-state index in [2.05, 4.69) is 39.8 Å². The molecule has 126 valence electrons. The van der Waals surface area contributed by atoms with Crippen LogP contribution < -0.4 is 0 Å². The Labute approximate surface area is 146 Å². The molecule has 2 aromatic heterocycles. The van der Waals surface area contributed by atoms with E-state index in [0.29, 0.717) is 6.04 Å². The fourth-order valence-electron chi connectivity index (χ4n) is 3.89. The fraction of sp³-hybridized carbons (Fsp3) is 0.444. The largest absolute Gasteiger partial charge is 0.330 e. The van der Waals surface area contributed by atoms with Gasteiger partial charge >= 0.3 is 0 Å². The van der Waals surface area contributed by atoms with E-state index >= 15 is 0 Å². The molecule has 0 aliphatic carbocycles. The normalized spacial score (nSPS) is 18.8. The van der Waals surface area contributed by atoms with Crippen LogP contribution in [0.15, 0.2) is 24.3 Å². The first kappa shape index (κ1) is 15.7. The highest BCUT2D eigenvalue weighted by Crippen LogP contribution is 2.38. The second-order valence-corrected chi connectivity index (χ2v) is 6.98. The average molecular weight is 344 g/mol. The van der Waals surface area contributed by atoms with Crippen molar-refractivity contribution in [3.05, 3.63) is 46.5 Å². The molecular formula is C18H22ClN5. The molecule has 0 N–H and O–H groups in total. The van der Waals surface area contributed by atoms with Crippen LogP contribution in [0.3, 0.4) is 0 Å². The molecular weight excluding hydrogens is 322 g/mol. The van der Waals surface area contributed by atoms with Gasteiger partial charge in [0.25, 0.3) is 0 Å². The van der Waals surface area contributed by atoms with E-state index < -0.39 is 0 Å². The van der Waals surface area contributed by atoms with Crippen LogP contribution in [0.4, 0.5) is 0 Å². The molecule has 1 fully saturated rings. The zero-order chi connectivity index (χ0) is 16.8. The first-order valence-corrected chi connectivity index (χ1v) is 8.77. The summed E-state index contributed by atoms with van der Waals surface area (Å²) in [7, 11) is 4.00. The number of hydrogen-bond donors (Lipinski definition) is 0. The Bertz CT molecular complexity index is 894. The van der Waals surface area contributed by atoms with Gasteiger partial charge in [-0.3, -0.25) is 9.58 Å². The van der Waals surface area contributed by atoms with E-state index in [-0.39, 0.29) is 0 Å². The van der Waals surface area contributed by atoms with Gasteiger partial charge in [0.15, 0.2) is 0 Å². The second-order valence-electron chi connectivity index (χ2n) is 6.62. The van der Waals surface area contributed by atoms with Crippen molar-refractivity contribution in [2.45, 2.75) is 32.4 Å². The third kappa shape index (κ3) is 2.43. The zero-order valence-corrected chi connectivity index (χ0v) is 15.1. The van der Waals surface area contributed by atoms with Gasteiger partial charge in [0.1, 0.15) is 11.0 Å². The monoisotopic (exact) mass is 343 g/mol. The van der Waals surface area contributed by atoms with Crippen molar-refractivity contribution in [2.75, 3.05) is 6.54 Å². The summed E-state index contributed by atoms with van der Waals surface area (Å²) >= 11 is 6.51. The van der Waals surface area contributed by atoms with E-state index in [9.17, 15) is 0 Å². The van der Waals surface area contributed by atoms with E-state index in [1.807, 2.05) is 20.0 Å². The third-order valence-corrected chi connectivity index (χ3v) is 5.57. The number of aryl methyl sites for hydroxylation is 3. The highest BCUT2D eigenvalue weighted by molar-refractivity contribution is 6.30. The summed E-state index contributed by atoms with van der Waals surface area (Å²) in [5, 5.41) is 5.24. The molecule has 6 heteroatoms. The lowest BCUT2D eigenvalue weighted by Gasteiger charge is -2.24. The molecule has 0 saturated carbocycles. The number of likely N-dealkylation sites (tertiary alicyclic amines) is 1. The molecule has 0 spiro atoms. The number of benzene rings is 1. The van der Waals surface area contributed by atoms with Crippen molar-refractivity contribution in [2.24, 2.45) is 14.1 Å². The number of nitrogens with zero attached hydrogens (tertiary/aromatic N) is 5. The minimum atomic E-state index is 0.325. The number of fused-ring (bicyclic) bond motifs is 1. The predicted molar refractivity (Wildman–Crippen MR) is 96.1 cm³/mol. The van der Waals surface area contributed by atoms with E-state index in [4.69, 9.17) is 16.6 Å². The van der Waals surface area contributed by atoms with Crippen molar-refractivity contribution in [3.63, 3.8) is 0 Å². The molecule has 3 heterocycles. The summed E-state index contributed by atoms with van der Waals surface area (Å²) in [6, 6.07) is 8.62. The molecule has 1 atom stereocenters. The summed E-state index contributed by atoms with van der Waals surface area (Å²) in [6.45, 7) is 3.95. The van der Waals surface area contributed by atoms with Crippen LogP contribution >= 0.6 is 11.6 Å². The maximum absolute atomic E-state index is 6.51. The number of rotatable bonds is 3. The molecule has 1 saturated heterocycles. The quantitative estimate of drug-likeness (QED) is 0.729. The smallest absolute Gasteiger partial charge is 0.131 e. The van der Waals surface area contributed by atoms with Gasteiger partial charge in [-0.25, -0.2) is 4.98 Å². The molecule has 0 bridgehead atoms. The Morgan fingerprint density at radius 2 is 2.04 bits per heavy atom. The molecule has 1 aliphatic rings. The zero-order valence-electron chi connectivity index (χ0n) is 14.3. The maximum atomic E-state index is 6.51. The van der Waals surface area contributed by atoms with E-state index in [1.165, 1.54) is 17.5 Å². The molecule has 24 heavy (non-hydrogen) atoms. The van der Waals surface area contributed by atoms with Crippen LogP contribution in [0.5, 0.6) is 0 Å². The Kier molecular flexibility index (Phi) is 3.85. The van der Waals surface area contributed by atoms with Crippen LogP contribution in [0, 0.1) is 6.92 Å². The minimum Gasteiger partial charge on any atom is -0.330 e. The van der Waals surface area contributed by atoms with Crippen molar-refractivity contribution in [1.29, 1.82) is 0 Å². The number of aromatic nitrogens is 4. The average Bonchev–Trinajstić information content (AvgIpc) is 3.20. The minimum absolute atomic E-state index is 0.325. The van der Waals surface area contributed by atoms with Crippen LogP contribution in [0.1, 0.15) is 36.0 Å². The SMILES string of the molecule is Cc1nn(C)c(Cl)c1[C@@H]1CCCN1Cc1nc2ccccc2n1C. The lowest BCUT2D eigenvalue weighted by molar-refractivity contribution is 0.239. The van der Waals surface area contributed by atoms with Gasteiger partial charge in [0.2, 0.25) is 0 Å². The number of para-hydroxylation sites is 2. The van der Waals surface area contributed by atoms with Crippen LogP contribution in [-0.4, -0.2) is 30.8 Å². The maximum Gasteiger partial charge on any atom is 0.131 e. The predicted octanol–water partition coefficient (Wildman–Crippen LogP) is 3.61. The highest BCUT2D eigenvalue weighted by atomic mass is 35.5. The molecule has 1 aliphatic heterocycles. The fourth-order valence-corrected chi connectivity index (χ4v) is 4.19. The summed E-state index contributed by atoms with van der Waals surface area (Å²) in [4.78, 5) is 7.30. The standard InChI is InChI=1S/C18H22ClN5/c1-12-17(18(19)23(3)21-12)15-9-6-10-24(15)11-16-20-13-7-4-5-8-14(13)22(16)2/h4-5,7-8,15H,6,9-11H2,1-3H3/t15-/m0/s1. The lowest BCUT2D eigenvalue weighted by Crippen LogP contribution is -2.25.